The van der Waals surface area contributed by atoms with Crippen molar-refractivity contribution in [1.29, 1.82) is 0 Å². The van der Waals surface area contributed by atoms with E-state index >= 15 is 0 Å². The Morgan fingerprint density at radius 1 is 1.28 bits per heavy atom. The first-order valence-corrected chi connectivity index (χ1v) is 9.15. The summed E-state index contributed by atoms with van der Waals surface area (Å²) in [4.78, 5) is 18.8. The van der Waals surface area contributed by atoms with Crippen LogP contribution in [0, 0.1) is 0 Å². The summed E-state index contributed by atoms with van der Waals surface area (Å²) in [6.45, 7) is 0.552. The molecular formula is C17H18N6OS. The summed E-state index contributed by atoms with van der Waals surface area (Å²) in [7, 11) is 0. The predicted octanol–water partition coefficient (Wildman–Crippen LogP) is 1.57. The normalized spacial score (nSPS) is 14.2. The van der Waals surface area contributed by atoms with Gasteiger partial charge in [-0.1, -0.05) is 30.3 Å². The predicted molar refractivity (Wildman–Crippen MR) is 93.3 cm³/mol. The molecule has 0 unspecified atom stereocenters. The van der Waals surface area contributed by atoms with E-state index in [0.717, 1.165) is 29.8 Å². The number of benzene rings is 1. The molecule has 2 aromatic heterocycles. The molecule has 0 saturated carbocycles. The molecule has 8 heteroatoms. The Labute approximate surface area is 149 Å². The Hall–Kier alpha value is -2.61. The molecule has 2 heterocycles. The van der Waals surface area contributed by atoms with Crippen molar-refractivity contribution in [2.75, 3.05) is 6.54 Å². The van der Waals surface area contributed by atoms with Crippen molar-refractivity contribution in [2.24, 2.45) is 0 Å². The van der Waals surface area contributed by atoms with Gasteiger partial charge in [0.15, 0.2) is 6.04 Å². The summed E-state index contributed by atoms with van der Waals surface area (Å²) in [5.41, 5.74) is 2.10. The lowest BCUT2D eigenvalue weighted by Crippen LogP contribution is -2.34. The van der Waals surface area contributed by atoms with E-state index in [1.54, 1.807) is 11.3 Å². The Morgan fingerprint density at radius 2 is 2.16 bits per heavy atom. The summed E-state index contributed by atoms with van der Waals surface area (Å²) in [5.74, 6) is -0.123. The van der Waals surface area contributed by atoms with Crippen molar-refractivity contribution in [2.45, 2.75) is 31.7 Å². The largest absolute Gasteiger partial charge is 0.354 e. The van der Waals surface area contributed by atoms with Crippen LogP contribution in [0.5, 0.6) is 0 Å². The number of aromatic nitrogens is 5. The average molecular weight is 354 g/mol. The summed E-state index contributed by atoms with van der Waals surface area (Å²) < 4.78 is 1.47. The lowest BCUT2D eigenvalue weighted by atomic mass is 10.1. The third-order valence-electron chi connectivity index (χ3n) is 4.27. The van der Waals surface area contributed by atoms with E-state index in [2.05, 4.69) is 25.8 Å². The lowest BCUT2D eigenvalue weighted by molar-refractivity contribution is -0.123. The fourth-order valence-electron chi connectivity index (χ4n) is 3.09. The van der Waals surface area contributed by atoms with E-state index in [0.29, 0.717) is 6.54 Å². The second kappa shape index (κ2) is 7.10. The Morgan fingerprint density at radius 3 is 2.92 bits per heavy atom. The molecule has 0 spiro atoms. The number of amides is 1. The summed E-state index contributed by atoms with van der Waals surface area (Å²) in [5, 5.41) is 15.3. The number of carbonyl (C=O) groups is 1. The van der Waals surface area contributed by atoms with E-state index < -0.39 is 6.04 Å². The number of rotatable bonds is 6. The molecule has 0 bridgehead atoms. The van der Waals surface area contributed by atoms with Crippen LogP contribution in [0.15, 0.2) is 36.7 Å². The van der Waals surface area contributed by atoms with E-state index in [1.807, 2.05) is 30.3 Å². The second-order valence-corrected chi connectivity index (χ2v) is 7.14. The SMILES string of the molecule is O=C(NCCc1nc2c(s1)CCC2)[C@H](c1ccccc1)n1cnnn1. The fraction of sp³-hybridized carbons (Fsp3) is 0.353. The van der Waals surface area contributed by atoms with Gasteiger partial charge in [0.05, 0.1) is 10.7 Å². The van der Waals surface area contributed by atoms with Gasteiger partial charge in [-0.05, 0) is 35.3 Å². The minimum atomic E-state index is -0.572. The molecule has 4 rings (SSSR count). The van der Waals surface area contributed by atoms with Gasteiger partial charge in [-0.25, -0.2) is 9.67 Å². The zero-order valence-electron chi connectivity index (χ0n) is 13.6. The molecule has 0 saturated heterocycles. The van der Waals surface area contributed by atoms with Crippen molar-refractivity contribution in [3.63, 3.8) is 0 Å². The van der Waals surface area contributed by atoms with Crippen molar-refractivity contribution in [3.05, 3.63) is 57.8 Å². The molecule has 25 heavy (non-hydrogen) atoms. The number of fused-ring (bicyclic) bond motifs is 1. The molecule has 1 aliphatic carbocycles. The first-order valence-electron chi connectivity index (χ1n) is 8.34. The van der Waals surface area contributed by atoms with Crippen LogP contribution in [0.4, 0.5) is 0 Å². The van der Waals surface area contributed by atoms with E-state index in [9.17, 15) is 4.79 Å². The third-order valence-corrected chi connectivity index (χ3v) is 5.49. The number of thiazole rings is 1. The maximum Gasteiger partial charge on any atom is 0.249 e. The molecule has 7 nitrogen and oxygen atoms in total. The first kappa shape index (κ1) is 15.9. The smallest absolute Gasteiger partial charge is 0.249 e. The maximum absolute atomic E-state index is 12.7. The zero-order valence-corrected chi connectivity index (χ0v) is 14.4. The topological polar surface area (TPSA) is 85.6 Å². The number of carbonyl (C=O) groups excluding carboxylic acids is 1. The van der Waals surface area contributed by atoms with Crippen LogP contribution in [0.1, 0.15) is 33.6 Å². The van der Waals surface area contributed by atoms with Crippen LogP contribution >= 0.6 is 11.3 Å². The highest BCUT2D eigenvalue weighted by molar-refractivity contribution is 7.11. The number of nitrogens with one attached hydrogen (secondary N) is 1. The molecule has 1 aliphatic rings. The van der Waals surface area contributed by atoms with Gasteiger partial charge in [0.1, 0.15) is 6.33 Å². The van der Waals surface area contributed by atoms with Gasteiger partial charge in [-0.2, -0.15) is 0 Å². The molecule has 1 amide bonds. The van der Waals surface area contributed by atoms with Crippen molar-refractivity contribution >= 4 is 17.2 Å². The molecule has 3 aromatic rings. The van der Waals surface area contributed by atoms with Crippen molar-refractivity contribution < 1.29 is 4.79 Å². The monoisotopic (exact) mass is 354 g/mol. The van der Waals surface area contributed by atoms with Crippen LogP contribution in [0.3, 0.4) is 0 Å². The molecule has 1 atom stereocenters. The highest BCUT2D eigenvalue weighted by atomic mass is 32.1. The van der Waals surface area contributed by atoms with Crippen molar-refractivity contribution in [1.82, 2.24) is 30.5 Å². The number of tetrazole rings is 1. The Kier molecular flexibility index (Phi) is 4.51. The van der Waals surface area contributed by atoms with Gasteiger partial charge >= 0.3 is 0 Å². The van der Waals surface area contributed by atoms with Crippen LogP contribution in [-0.4, -0.2) is 37.6 Å². The molecule has 0 fully saturated rings. The van der Waals surface area contributed by atoms with Gasteiger partial charge in [0.25, 0.3) is 0 Å². The number of nitrogens with zero attached hydrogens (tertiary/aromatic N) is 5. The van der Waals surface area contributed by atoms with E-state index in [-0.39, 0.29) is 5.91 Å². The standard InChI is InChI=1S/C17H18N6OS/c24-17(18-10-9-15-20-13-7-4-8-14(13)25-15)16(23-11-19-21-22-23)12-5-2-1-3-6-12/h1-3,5-6,11,16H,4,7-10H2,(H,18,24)/t16-/m0/s1. The first-order chi connectivity index (χ1) is 12.3. The molecule has 1 N–H and O–H groups in total. The zero-order chi connectivity index (χ0) is 17.1. The molecule has 1 aromatic carbocycles. The summed E-state index contributed by atoms with van der Waals surface area (Å²) in [6, 6.07) is 8.94. The number of hydrogen-bond acceptors (Lipinski definition) is 6. The molecule has 128 valence electrons. The van der Waals surface area contributed by atoms with Crippen molar-refractivity contribution in [3.8, 4) is 0 Å². The highest BCUT2D eigenvalue weighted by Crippen LogP contribution is 2.27. The quantitative estimate of drug-likeness (QED) is 0.726. The Balaban J connectivity index is 1.42. The lowest BCUT2D eigenvalue weighted by Gasteiger charge is -2.16. The number of aryl methyl sites for hydroxylation is 2. The average Bonchev–Trinajstić information content (AvgIpc) is 3.33. The van der Waals surface area contributed by atoms with Crippen LogP contribution in [-0.2, 0) is 24.1 Å². The maximum atomic E-state index is 12.7. The van der Waals surface area contributed by atoms with Crippen LogP contribution in [0.2, 0.25) is 0 Å². The van der Waals surface area contributed by atoms with Crippen LogP contribution in [0.25, 0.3) is 0 Å². The highest BCUT2D eigenvalue weighted by Gasteiger charge is 2.23. The fourth-order valence-corrected chi connectivity index (χ4v) is 4.24. The van der Waals surface area contributed by atoms with Gasteiger partial charge in [0.2, 0.25) is 5.91 Å². The van der Waals surface area contributed by atoms with E-state index in [1.165, 1.54) is 28.0 Å². The minimum Gasteiger partial charge on any atom is -0.354 e. The van der Waals surface area contributed by atoms with Gasteiger partial charge in [0, 0.05) is 17.8 Å². The van der Waals surface area contributed by atoms with E-state index in [4.69, 9.17) is 0 Å². The molecule has 0 aliphatic heterocycles. The third kappa shape index (κ3) is 3.43. The van der Waals surface area contributed by atoms with Gasteiger partial charge in [-0.15, -0.1) is 16.4 Å². The Bertz CT molecular complexity index is 824. The van der Waals surface area contributed by atoms with Gasteiger partial charge < -0.3 is 5.32 Å². The summed E-state index contributed by atoms with van der Waals surface area (Å²) in [6.07, 6.45) is 5.67. The minimum absolute atomic E-state index is 0.123. The second-order valence-electron chi connectivity index (χ2n) is 5.98. The number of hydrogen-bond donors (Lipinski definition) is 1. The molecular weight excluding hydrogens is 336 g/mol. The summed E-state index contributed by atoms with van der Waals surface area (Å²) >= 11 is 1.78. The van der Waals surface area contributed by atoms with Gasteiger partial charge in [-0.3, -0.25) is 4.79 Å². The molecule has 0 radical (unpaired) electrons. The van der Waals surface area contributed by atoms with Crippen LogP contribution < -0.4 is 5.32 Å².